The first-order valence-electron chi connectivity index (χ1n) is 17.2. The fraction of sp³-hybridized carbons (Fsp3) is 0.415. The van der Waals surface area contributed by atoms with Crippen LogP contribution in [0.4, 0.5) is 0 Å². The summed E-state index contributed by atoms with van der Waals surface area (Å²) in [5.41, 5.74) is 7.49. The van der Waals surface area contributed by atoms with Crippen molar-refractivity contribution < 1.29 is 10.2 Å². The highest BCUT2D eigenvalue weighted by Crippen LogP contribution is 2.44. The van der Waals surface area contributed by atoms with Crippen LogP contribution in [0.1, 0.15) is 104 Å². The molecule has 0 atom stereocenters. The van der Waals surface area contributed by atoms with Gasteiger partial charge >= 0.3 is 0 Å². The van der Waals surface area contributed by atoms with Gasteiger partial charge in [-0.2, -0.15) is 0 Å². The van der Waals surface area contributed by atoms with Crippen molar-refractivity contribution in [2.45, 2.75) is 99.3 Å². The summed E-state index contributed by atoms with van der Waals surface area (Å²) in [6, 6.07) is 23.8. The predicted molar refractivity (Wildman–Crippen MR) is 198 cm³/mol. The summed E-state index contributed by atoms with van der Waals surface area (Å²) in [6.07, 6.45) is 2.13. The number of phenols is 2. The van der Waals surface area contributed by atoms with Crippen molar-refractivity contribution in [1.82, 2.24) is 30.0 Å². The lowest BCUT2D eigenvalue weighted by Gasteiger charge is -2.34. The summed E-state index contributed by atoms with van der Waals surface area (Å²) in [5, 5.41) is 41.9. The van der Waals surface area contributed by atoms with Crippen LogP contribution in [0.25, 0.3) is 33.4 Å². The molecule has 0 saturated heterocycles. The molecule has 0 fully saturated rings. The van der Waals surface area contributed by atoms with Gasteiger partial charge in [0.05, 0.1) is 11.0 Å². The smallest absolute Gasteiger partial charge is 0.144 e. The van der Waals surface area contributed by atoms with E-state index in [-0.39, 0.29) is 39.6 Å². The number of nitrogens with zero attached hydrogens (tertiary/aromatic N) is 6. The van der Waals surface area contributed by atoms with Gasteiger partial charge in [-0.25, -0.2) is 9.36 Å². The largest absolute Gasteiger partial charge is 0.505 e. The Bertz CT molecular complexity index is 2000. The second-order valence-corrected chi connectivity index (χ2v) is 17.4. The van der Waals surface area contributed by atoms with E-state index in [1.165, 1.54) is 0 Å². The van der Waals surface area contributed by atoms with Crippen molar-refractivity contribution in [1.29, 1.82) is 0 Å². The molecule has 49 heavy (non-hydrogen) atoms. The molecule has 2 N–H and O–H groups in total. The van der Waals surface area contributed by atoms with Gasteiger partial charge in [-0.05, 0) is 82.0 Å². The summed E-state index contributed by atoms with van der Waals surface area (Å²) < 4.78 is 3.45. The maximum atomic E-state index is 12.1. The average Bonchev–Trinajstić information content (AvgIpc) is 3.61. The minimum absolute atomic E-state index is 0.0718. The zero-order chi connectivity index (χ0) is 35.5. The van der Waals surface area contributed by atoms with E-state index in [0.29, 0.717) is 22.5 Å². The lowest BCUT2D eigenvalue weighted by atomic mass is 9.71. The van der Waals surface area contributed by atoms with Crippen LogP contribution >= 0.6 is 0 Å². The number of para-hydroxylation sites is 2. The molecule has 0 aliphatic heterocycles. The molecule has 0 unspecified atom stereocenters. The van der Waals surface area contributed by atoms with Crippen LogP contribution in [0.5, 0.6) is 11.5 Å². The molecule has 0 saturated carbocycles. The summed E-state index contributed by atoms with van der Waals surface area (Å²) >= 11 is 0. The minimum Gasteiger partial charge on any atom is -0.505 e. The molecule has 0 radical (unpaired) electrons. The van der Waals surface area contributed by atoms with Gasteiger partial charge in [0.25, 0.3) is 0 Å². The van der Waals surface area contributed by atoms with Gasteiger partial charge in [0.15, 0.2) is 0 Å². The van der Waals surface area contributed by atoms with Crippen molar-refractivity contribution in [3.05, 3.63) is 95.1 Å². The van der Waals surface area contributed by atoms with Gasteiger partial charge in [0, 0.05) is 17.5 Å². The van der Waals surface area contributed by atoms with E-state index >= 15 is 0 Å². The Morgan fingerprint density at radius 2 is 0.898 bits per heavy atom. The SMILES string of the molecule is CC(C)(C)CC(C)(C)c1cc(Cc2cc(C(C)(C)CC(C)(C)C)cc(-n3nnc4ccccc43)c2O)c(O)c(-n2nnc3ccccc32)c1. The molecule has 6 rings (SSSR count). The molecule has 0 amide bonds. The fourth-order valence-corrected chi connectivity index (χ4v) is 7.88. The highest BCUT2D eigenvalue weighted by Gasteiger charge is 2.32. The van der Waals surface area contributed by atoms with E-state index in [2.05, 4.69) is 102 Å². The Hall–Kier alpha value is -4.72. The molecule has 4 aromatic carbocycles. The molecule has 8 heteroatoms. The first-order chi connectivity index (χ1) is 22.8. The summed E-state index contributed by atoms with van der Waals surface area (Å²) in [7, 11) is 0. The molecule has 6 aromatic rings. The average molecular weight is 659 g/mol. The number of fused-ring (bicyclic) bond motifs is 2. The normalized spacial score (nSPS) is 13.1. The standard InChI is InChI=1S/C41H50N6O2/c1-38(2,3)24-40(7,8)28-20-26(36(48)34(22-28)46-32-17-13-11-15-30(32)42-44-46)19-27-21-29(41(9,10)25-39(4,5)6)23-35(37(27)49)47-33-18-14-12-16-31(33)43-45-47/h11-18,20-23,48-49H,19,24-25H2,1-10H3. The monoisotopic (exact) mass is 658 g/mol. The van der Waals surface area contributed by atoms with E-state index < -0.39 is 0 Å². The van der Waals surface area contributed by atoms with Crippen molar-refractivity contribution in [3.63, 3.8) is 0 Å². The van der Waals surface area contributed by atoms with E-state index in [4.69, 9.17) is 0 Å². The molecule has 256 valence electrons. The number of hydrogen-bond donors (Lipinski definition) is 2. The molecule has 0 aliphatic carbocycles. The van der Waals surface area contributed by atoms with Crippen LogP contribution in [0.3, 0.4) is 0 Å². The van der Waals surface area contributed by atoms with Gasteiger partial charge in [-0.1, -0.05) is 116 Å². The Morgan fingerprint density at radius 1 is 0.531 bits per heavy atom. The fourth-order valence-electron chi connectivity index (χ4n) is 7.88. The van der Waals surface area contributed by atoms with Gasteiger partial charge in [0.1, 0.15) is 33.9 Å². The Kier molecular flexibility index (Phi) is 8.37. The Morgan fingerprint density at radius 3 is 1.27 bits per heavy atom. The van der Waals surface area contributed by atoms with Crippen LogP contribution < -0.4 is 0 Å². The zero-order valence-corrected chi connectivity index (χ0v) is 30.6. The molecule has 2 heterocycles. The highest BCUT2D eigenvalue weighted by atomic mass is 16.3. The topological polar surface area (TPSA) is 102 Å². The summed E-state index contributed by atoms with van der Waals surface area (Å²) in [5.74, 6) is 0.218. The zero-order valence-electron chi connectivity index (χ0n) is 30.6. The predicted octanol–water partition coefficient (Wildman–Crippen LogP) is 9.58. The second-order valence-electron chi connectivity index (χ2n) is 17.4. The number of phenolic OH excluding ortho intramolecular Hbond substituents is 2. The van der Waals surface area contributed by atoms with Gasteiger partial charge in [0.2, 0.25) is 0 Å². The number of hydrogen-bond acceptors (Lipinski definition) is 6. The molecule has 0 bridgehead atoms. The van der Waals surface area contributed by atoms with Crippen molar-refractivity contribution in [2.24, 2.45) is 10.8 Å². The highest BCUT2D eigenvalue weighted by molar-refractivity contribution is 5.78. The van der Waals surface area contributed by atoms with Crippen LogP contribution in [-0.2, 0) is 17.3 Å². The quantitative estimate of drug-likeness (QED) is 0.169. The number of rotatable bonds is 8. The van der Waals surface area contributed by atoms with Crippen molar-refractivity contribution >= 4 is 22.1 Å². The molecular weight excluding hydrogens is 608 g/mol. The minimum atomic E-state index is -0.227. The summed E-state index contributed by atoms with van der Waals surface area (Å²) in [6.45, 7) is 22.5. The first kappa shape index (κ1) is 34.2. The van der Waals surface area contributed by atoms with Crippen LogP contribution in [0.15, 0.2) is 72.8 Å². The van der Waals surface area contributed by atoms with Crippen molar-refractivity contribution in [2.75, 3.05) is 0 Å². The van der Waals surface area contributed by atoms with Gasteiger partial charge in [-0.15, -0.1) is 10.2 Å². The lowest BCUT2D eigenvalue weighted by molar-refractivity contribution is 0.283. The van der Waals surface area contributed by atoms with E-state index in [0.717, 1.165) is 46.0 Å². The third-order valence-electron chi connectivity index (χ3n) is 9.39. The molecule has 0 spiro atoms. The number of benzene rings is 4. The maximum absolute atomic E-state index is 12.1. The van der Waals surface area contributed by atoms with Crippen molar-refractivity contribution in [3.8, 4) is 22.9 Å². The summed E-state index contributed by atoms with van der Waals surface area (Å²) in [4.78, 5) is 0. The Labute approximate surface area is 289 Å². The van der Waals surface area contributed by atoms with Gasteiger partial charge in [-0.3, -0.25) is 0 Å². The maximum Gasteiger partial charge on any atom is 0.144 e. The van der Waals surface area contributed by atoms with Gasteiger partial charge < -0.3 is 10.2 Å². The van der Waals surface area contributed by atoms with Crippen LogP contribution in [0, 0.1) is 10.8 Å². The second kappa shape index (κ2) is 12.0. The Balaban J connectivity index is 1.58. The third-order valence-corrected chi connectivity index (χ3v) is 9.39. The molecule has 2 aromatic heterocycles. The molecule has 0 aliphatic rings. The van der Waals surface area contributed by atoms with Crippen LogP contribution in [0.2, 0.25) is 0 Å². The third kappa shape index (κ3) is 6.91. The molecular formula is C41H50N6O2. The van der Waals surface area contributed by atoms with Crippen LogP contribution in [-0.4, -0.2) is 40.2 Å². The van der Waals surface area contributed by atoms with E-state index in [9.17, 15) is 10.2 Å². The first-order valence-corrected chi connectivity index (χ1v) is 17.2. The number of aromatic hydroxyl groups is 2. The number of aromatic nitrogens is 6. The van der Waals surface area contributed by atoms with E-state index in [1.54, 1.807) is 9.36 Å². The lowest BCUT2D eigenvalue weighted by Crippen LogP contribution is -2.25. The van der Waals surface area contributed by atoms with E-state index in [1.807, 2.05) is 60.7 Å². The molecule has 8 nitrogen and oxygen atoms in total.